The van der Waals surface area contributed by atoms with Crippen molar-refractivity contribution < 1.29 is 4.74 Å². The van der Waals surface area contributed by atoms with Crippen molar-refractivity contribution in [3.05, 3.63) is 29.8 Å². The summed E-state index contributed by atoms with van der Waals surface area (Å²) in [5, 5.41) is 0. The third-order valence-corrected chi connectivity index (χ3v) is 2.80. The highest BCUT2D eigenvalue weighted by Gasteiger charge is 2.19. The first kappa shape index (κ1) is 12.1. The maximum atomic E-state index is 6.27. The number of hydrogen-bond donors (Lipinski definition) is 1. The molecule has 15 heavy (non-hydrogen) atoms. The summed E-state index contributed by atoms with van der Waals surface area (Å²) in [5.41, 5.74) is 7.23. The number of hydrogen-bond acceptors (Lipinski definition) is 2. The van der Waals surface area contributed by atoms with E-state index in [-0.39, 0.29) is 5.54 Å². The molecule has 0 spiro atoms. The van der Waals surface area contributed by atoms with E-state index in [1.54, 1.807) is 7.11 Å². The summed E-state index contributed by atoms with van der Waals surface area (Å²) in [5.74, 6) is 0.880. The van der Waals surface area contributed by atoms with Crippen LogP contribution in [-0.4, -0.2) is 7.11 Å². The lowest BCUT2D eigenvalue weighted by atomic mass is 9.88. The summed E-state index contributed by atoms with van der Waals surface area (Å²) in [4.78, 5) is 0. The first-order valence-corrected chi connectivity index (χ1v) is 5.53. The van der Waals surface area contributed by atoms with Gasteiger partial charge in [-0.3, -0.25) is 0 Å². The molecule has 2 nitrogen and oxygen atoms in total. The summed E-state index contributed by atoms with van der Waals surface area (Å²) in [7, 11) is 1.67. The van der Waals surface area contributed by atoms with Gasteiger partial charge in [0.1, 0.15) is 5.75 Å². The molecule has 1 unspecified atom stereocenters. The molecule has 0 radical (unpaired) electrons. The van der Waals surface area contributed by atoms with Gasteiger partial charge in [-0.15, -0.1) is 0 Å². The van der Waals surface area contributed by atoms with E-state index in [0.29, 0.717) is 0 Å². The van der Waals surface area contributed by atoms with Crippen LogP contribution in [0.5, 0.6) is 5.75 Å². The van der Waals surface area contributed by atoms with Gasteiger partial charge in [-0.05, 0) is 31.0 Å². The predicted molar refractivity (Wildman–Crippen MR) is 64.1 cm³/mol. The highest BCUT2D eigenvalue weighted by Crippen LogP contribution is 2.25. The van der Waals surface area contributed by atoms with Crippen LogP contribution in [0.1, 0.15) is 38.7 Å². The zero-order valence-corrected chi connectivity index (χ0v) is 9.92. The molecule has 0 aliphatic rings. The summed E-state index contributed by atoms with van der Waals surface area (Å²) in [6, 6.07) is 8.03. The van der Waals surface area contributed by atoms with Crippen molar-refractivity contribution in [3.8, 4) is 5.75 Å². The Bertz CT molecular complexity index is 290. The fourth-order valence-electron chi connectivity index (χ4n) is 1.66. The maximum absolute atomic E-state index is 6.27. The average Bonchev–Trinajstić information content (AvgIpc) is 2.26. The lowest BCUT2D eigenvalue weighted by Gasteiger charge is -2.25. The minimum atomic E-state index is -0.220. The Morgan fingerprint density at radius 1 is 1.27 bits per heavy atom. The number of benzene rings is 1. The molecule has 2 N–H and O–H groups in total. The Morgan fingerprint density at radius 2 is 1.87 bits per heavy atom. The zero-order chi connectivity index (χ0) is 11.3. The molecule has 0 aliphatic heterocycles. The number of unbranched alkanes of at least 4 members (excludes halogenated alkanes) is 1. The monoisotopic (exact) mass is 207 g/mol. The molecule has 0 aromatic heterocycles. The van der Waals surface area contributed by atoms with E-state index in [1.807, 2.05) is 12.1 Å². The topological polar surface area (TPSA) is 35.2 Å². The van der Waals surface area contributed by atoms with Crippen LogP contribution in [0, 0.1) is 0 Å². The van der Waals surface area contributed by atoms with Gasteiger partial charge < -0.3 is 10.5 Å². The quantitative estimate of drug-likeness (QED) is 0.805. The lowest BCUT2D eigenvalue weighted by Crippen LogP contribution is -2.32. The van der Waals surface area contributed by atoms with Gasteiger partial charge in [-0.1, -0.05) is 31.9 Å². The van der Waals surface area contributed by atoms with Gasteiger partial charge in [0.2, 0.25) is 0 Å². The highest BCUT2D eigenvalue weighted by atomic mass is 16.5. The molecule has 0 aliphatic carbocycles. The first-order valence-electron chi connectivity index (χ1n) is 5.53. The first-order chi connectivity index (χ1) is 7.10. The Hall–Kier alpha value is -1.02. The molecule has 1 rings (SSSR count). The number of methoxy groups -OCH3 is 1. The van der Waals surface area contributed by atoms with Gasteiger partial charge in [0.05, 0.1) is 7.11 Å². The minimum Gasteiger partial charge on any atom is -0.497 e. The second kappa shape index (κ2) is 5.17. The summed E-state index contributed by atoms with van der Waals surface area (Å²) in [6.07, 6.45) is 3.37. The molecule has 0 bridgehead atoms. The summed E-state index contributed by atoms with van der Waals surface area (Å²) >= 11 is 0. The van der Waals surface area contributed by atoms with Gasteiger partial charge >= 0.3 is 0 Å². The summed E-state index contributed by atoms with van der Waals surface area (Å²) < 4.78 is 5.12. The van der Waals surface area contributed by atoms with Crippen molar-refractivity contribution in [2.75, 3.05) is 7.11 Å². The van der Waals surface area contributed by atoms with Crippen LogP contribution in [0.25, 0.3) is 0 Å². The molecule has 2 heteroatoms. The SMILES string of the molecule is CCCCC(C)(N)c1ccc(OC)cc1. The van der Waals surface area contributed by atoms with Crippen LogP contribution in [-0.2, 0) is 5.54 Å². The second-order valence-corrected chi connectivity index (χ2v) is 4.25. The van der Waals surface area contributed by atoms with E-state index in [2.05, 4.69) is 26.0 Å². The molecule has 84 valence electrons. The van der Waals surface area contributed by atoms with Crippen LogP contribution in [0.15, 0.2) is 24.3 Å². The Kier molecular flexibility index (Phi) is 4.15. The van der Waals surface area contributed by atoms with E-state index in [1.165, 1.54) is 18.4 Å². The van der Waals surface area contributed by atoms with Crippen LogP contribution >= 0.6 is 0 Å². The van der Waals surface area contributed by atoms with Crippen LogP contribution in [0.2, 0.25) is 0 Å². The molecule has 0 amide bonds. The van der Waals surface area contributed by atoms with Gasteiger partial charge in [-0.25, -0.2) is 0 Å². The fourth-order valence-corrected chi connectivity index (χ4v) is 1.66. The van der Waals surface area contributed by atoms with Gasteiger partial charge in [0.25, 0.3) is 0 Å². The third kappa shape index (κ3) is 3.24. The zero-order valence-electron chi connectivity index (χ0n) is 9.92. The van der Waals surface area contributed by atoms with E-state index in [0.717, 1.165) is 12.2 Å². The van der Waals surface area contributed by atoms with Crippen molar-refractivity contribution in [3.63, 3.8) is 0 Å². The van der Waals surface area contributed by atoms with E-state index < -0.39 is 0 Å². The molecular formula is C13H21NO. The van der Waals surface area contributed by atoms with Crippen molar-refractivity contribution in [1.82, 2.24) is 0 Å². The maximum Gasteiger partial charge on any atom is 0.118 e. The molecule has 1 aromatic rings. The van der Waals surface area contributed by atoms with E-state index in [9.17, 15) is 0 Å². The molecule has 0 heterocycles. The van der Waals surface area contributed by atoms with Crippen LogP contribution in [0.3, 0.4) is 0 Å². The Morgan fingerprint density at radius 3 is 2.33 bits per heavy atom. The predicted octanol–water partition coefficient (Wildman–Crippen LogP) is 3.06. The third-order valence-electron chi connectivity index (χ3n) is 2.80. The molecule has 1 aromatic carbocycles. The standard InChI is InChI=1S/C13H21NO/c1-4-5-10-13(2,14)11-6-8-12(15-3)9-7-11/h6-9H,4-5,10,14H2,1-3H3. The Balaban J connectivity index is 2.75. The number of rotatable bonds is 5. The largest absolute Gasteiger partial charge is 0.497 e. The summed E-state index contributed by atoms with van der Waals surface area (Å²) in [6.45, 7) is 4.27. The number of nitrogens with two attached hydrogens (primary N) is 1. The molecule has 0 fully saturated rings. The van der Waals surface area contributed by atoms with Gasteiger partial charge in [-0.2, -0.15) is 0 Å². The van der Waals surface area contributed by atoms with E-state index >= 15 is 0 Å². The Labute approximate surface area is 92.4 Å². The fraction of sp³-hybridized carbons (Fsp3) is 0.538. The average molecular weight is 207 g/mol. The second-order valence-electron chi connectivity index (χ2n) is 4.25. The molecular weight excluding hydrogens is 186 g/mol. The van der Waals surface area contributed by atoms with Crippen molar-refractivity contribution in [2.45, 2.75) is 38.6 Å². The molecule has 0 saturated heterocycles. The van der Waals surface area contributed by atoms with E-state index in [4.69, 9.17) is 10.5 Å². The minimum absolute atomic E-state index is 0.220. The molecule has 1 atom stereocenters. The smallest absolute Gasteiger partial charge is 0.118 e. The lowest BCUT2D eigenvalue weighted by molar-refractivity contribution is 0.411. The van der Waals surface area contributed by atoms with Crippen molar-refractivity contribution in [2.24, 2.45) is 5.73 Å². The van der Waals surface area contributed by atoms with Gasteiger partial charge in [0.15, 0.2) is 0 Å². The van der Waals surface area contributed by atoms with Crippen LogP contribution in [0.4, 0.5) is 0 Å². The normalized spacial score (nSPS) is 14.7. The molecule has 0 saturated carbocycles. The number of ether oxygens (including phenoxy) is 1. The van der Waals surface area contributed by atoms with Crippen molar-refractivity contribution in [1.29, 1.82) is 0 Å². The highest BCUT2D eigenvalue weighted by molar-refractivity contribution is 5.31. The van der Waals surface area contributed by atoms with Crippen LogP contribution < -0.4 is 10.5 Å². The van der Waals surface area contributed by atoms with Gasteiger partial charge in [0, 0.05) is 5.54 Å². The van der Waals surface area contributed by atoms with Crippen molar-refractivity contribution >= 4 is 0 Å².